The van der Waals surface area contributed by atoms with Crippen molar-refractivity contribution in [3.63, 3.8) is 0 Å². The van der Waals surface area contributed by atoms with Gasteiger partial charge in [-0.25, -0.2) is 0 Å². The second-order valence-electron chi connectivity index (χ2n) is 5.84. The van der Waals surface area contributed by atoms with Gasteiger partial charge in [0.05, 0.1) is 11.0 Å². The summed E-state index contributed by atoms with van der Waals surface area (Å²) in [7, 11) is 0. The van der Waals surface area contributed by atoms with Crippen LogP contribution in [-0.4, -0.2) is 20.2 Å². The molecule has 4 nitrogen and oxygen atoms in total. The van der Waals surface area contributed by atoms with E-state index in [1.54, 1.807) is 12.3 Å². The molecule has 3 heterocycles. The molecule has 0 atom stereocenters. The van der Waals surface area contributed by atoms with E-state index in [1.807, 2.05) is 50.4 Å². The monoisotopic (exact) mass is 342 g/mol. The molecule has 0 radical (unpaired) electrons. The van der Waals surface area contributed by atoms with E-state index in [4.69, 9.17) is 0 Å². The van der Waals surface area contributed by atoms with Gasteiger partial charge in [0.25, 0.3) is 0 Å². The SMILES string of the molecule is C=C/C=C\C(=C/C)C(=C)/C=c1/c(-c2cc3cnccc3[nH]2)n[nH]/c1=C/C. The van der Waals surface area contributed by atoms with Crippen LogP contribution in [-0.2, 0) is 0 Å². The number of hydrogen-bond acceptors (Lipinski definition) is 2. The predicted molar refractivity (Wildman–Crippen MR) is 110 cm³/mol. The van der Waals surface area contributed by atoms with Crippen LogP contribution in [0.1, 0.15) is 13.8 Å². The molecule has 0 aliphatic rings. The van der Waals surface area contributed by atoms with Gasteiger partial charge < -0.3 is 4.98 Å². The second-order valence-corrected chi connectivity index (χ2v) is 5.84. The van der Waals surface area contributed by atoms with Crippen molar-refractivity contribution in [2.75, 3.05) is 0 Å². The van der Waals surface area contributed by atoms with E-state index in [9.17, 15) is 0 Å². The maximum absolute atomic E-state index is 4.52. The predicted octanol–water partition coefficient (Wildman–Crippen LogP) is 3.78. The van der Waals surface area contributed by atoms with Crippen molar-refractivity contribution < 1.29 is 0 Å². The Morgan fingerprint density at radius 2 is 2.12 bits per heavy atom. The van der Waals surface area contributed by atoms with Crippen molar-refractivity contribution in [1.29, 1.82) is 0 Å². The zero-order valence-electron chi connectivity index (χ0n) is 15.1. The Labute approximate surface area is 152 Å². The average molecular weight is 342 g/mol. The molecule has 0 saturated heterocycles. The summed E-state index contributed by atoms with van der Waals surface area (Å²) < 4.78 is 0. The van der Waals surface area contributed by atoms with E-state index in [2.05, 4.69) is 45.5 Å². The van der Waals surface area contributed by atoms with Crippen molar-refractivity contribution in [1.82, 2.24) is 20.2 Å². The van der Waals surface area contributed by atoms with Crippen LogP contribution in [0.25, 0.3) is 34.4 Å². The zero-order valence-corrected chi connectivity index (χ0v) is 15.1. The lowest BCUT2D eigenvalue weighted by molar-refractivity contribution is 1.06. The third-order valence-electron chi connectivity index (χ3n) is 4.21. The zero-order chi connectivity index (χ0) is 18.5. The number of rotatable bonds is 5. The first-order chi connectivity index (χ1) is 12.7. The lowest BCUT2D eigenvalue weighted by Crippen LogP contribution is -2.23. The molecule has 4 heteroatoms. The molecule has 0 aromatic carbocycles. The van der Waals surface area contributed by atoms with Crippen molar-refractivity contribution in [2.24, 2.45) is 0 Å². The van der Waals surface area contributed by atoms with Gasteiger partial charge in [-0.2, -0.15) is 5.10 Å². The minimum absolute atomic E-state index is 0.860. The van der Waals surface area contributed by atoms with Gasteiger partial charge >= 0.3 is 0 Å². The first-order valence-electron chi connectivity index (χ1n) is 8.48. The largest absolute Gasteiger partial charge is 0.353 e. The maximum atomic E-state index is 4.52. The van der Waals surface area contributed by atoms with E-state index >= 15 is 0 Å². The van der Waals surface area contributed by atoms with Crippen LogP contribution in [0.3, 0.4) is 0 Å². The van der Waals surface area contributed by atoms with E-state index in [0.29, 0.717) is 0 Å². The van der Waals surface area contributed by atoms with Gasteiger partial charge in [-0.3, -0.25) is 10.1 Å². The van der Waals surface area contributed by atoms with Crippen molar-refractivity contribution >= 4 is 23.1 Å². The van der Waals surface area contributed by atoms with Gasteiger partial charge in [0.2, 0.25) is 0 Å². The molecule has 0 aliphatic carbocycles. The molecule has 3 aromatic rings. The average Bonchev–Trinajstić information content (AvgIpc) is 3.25. The number of nitrogens with zero attached hydrogens (tertiary/aromatic N) is 2. The molecule has 130 valence electrons. The minimum atomic E-state index is 0.860. The number of nitrogens with one attached hydrogen (secondary N) is 2. The maximum Gasteiger partial charge on any atom is 0.116 e. The third kappa shape index (κ3) is 3.35. The van der Waals surface area contributed by atoms with E-state index < -0.39 is 0 Å². The van der Waals surface area contributed by atoms with Gasteiger partial charge in [-0.1, -0.05) is 43.5 Å². The summed E-state index contributed by atoms with van der Waals surface area (Å²) in [6, 6.07) is 4.02. The van der Waals surface area contributed by atoms with Gasteiger partial charge in [0.15, 0.2) is 0 Å². The Hall–Kier alpha value is -3.40. The molecular weight excluding hydrogens is 320 g/mol. The lowest BCUT2D eigenvalue weighted by Gasteiger charge is -2.00. The Balaban J connectivity index is 2.15. The highest BCUT2D eigenvalue weighted by Gasteiger charge is 2.09. The molecule has 0 amide bonds. The summed E-state index contributed by atoms with van der Waals surface area (Å²) in [4.78, 5) is 7.59. The molecule has 0 unspecified atom stereocenters. The summed E-state index contributed by atoms with van der Waals surface area (Å²) in [5, 5.41) is 10.6. The molecule has 0 fully saturated rings. The number of aromatic amines is 2. The van der Waals surface area contributed by atoms with Crippen LogP contribution in [0.4, 0.5) is 0 Å². The third-order valence-corrected chi connectivity index (χ3v) is 4.21. The molecular formula is C22H22N4. The van der Waals surface area contributed by atoms with Gasteiger partial charge in [-0.05, 0) is 43.2 Å². The van der Waals surface area contributed by atoms with Gasteiger partial charge in [-0.15, -0.1) is 0 Å². The lowest BCUT2D eigenvalue weighted by atomic mass is 10.0. The number of fused-ring (bicyclic) bond motifs is 1. The molecule has 26 heavy (non-hydrogen) atoms. The Morgan fingerprint density at radius 1 is 1.27 bits per heavy atom. The Morgan fingerprint density at radius 3 is 2.81 bits per heavy atom. The van der Waals surface area contributed by atoms with Crippen LogP contribution in [0.15, 0.2) is 73.1 Å². The normalized spacial score (nSPS) is 13.8. The summed E-state index contributed by atoms with van der Waals surface area (Å²) in [6.45, 7) is 11.9. The highest BCUT2D eigenvalue weighted by Crippen LogP contribution is 2.19. The molecule has 0 saturated carbocycles. The molecule has 0 spiro atoms. The fourth-order valence-electron chi connectivity index (χ4n) is 2.85. The number of allylic oxidation sites excluding steroid dienone is 6. The standard InChI is InChI=1S/C22H22N4/c1-5-8-9-16(6-2)15(4)12-18-19(7-3)25-26-22(18)21-13-17-14-23-11-10-20(17)24-21/h5-14,24-25H,1,4H2,2-3H3/b9-8-,16-6+,18-12+,19-7+. The second kappa shape index (κ2) is 7.66. The summed E-state index contributed by atoms with van der Waals surface area (Å²) in [5.74, 6) is 0. The molecule has 0 bridgehead atoms. The van der Waals surface area contributed by atoms with Crippen LogP contribution in [0, 0.1) is 0 Å². The van der Waals surface area contributed by atoms with Gasteiger partial charge in [0, 0.05) is 28.5 Å². The highest BCUT2D eigenvalue weighted by molar-refractivity contribution is 5.84. The minimum Gasteiger partial charge on any atom is -0.353 e. The van der Waals surface area contributed by atoms with Crippen molar-refractivity contribution in [3.05, 3.63) is 83.7 Å². The summed E-state index contributed by atoms with van der Waals surface area (Å²) in [5.41, 5.74) is 4.79. The van der Waals surface area contributed by atoms with E-state index in [1.165, 1.54) is 0 Å². The topological polar surface area (TPSA) is 57.4 Å². The Bertz CT molecular complexity index is 1100. The first kappa shape index (κ1) is 17.4. The van der Waals surface area contributed by atoms with Crippen LogP contribution in [0.2, 0.25) is 0 Å². The van der Waals surface area contributed by atoms with E-state index in [-0.39, 0.29) is 0 Å². The number of H-pyrrole nitrogens is 2. The van der Waals surface area contributed by atoms with Crippen LogP contribution < -0.4 is 10.6 Å². The van der Waals surface area contributed by atoms with Crippen LogP contribution in [0.5, 0.6) is 0 Å². The quantitative estimate of drug-likeness (QED) is 0.693. The Kier molecular flexibility index (Phi) is 5.13. The smallest absolute Gasteiger partial charge is 0.116 e. The van der Waals surface area contributed by atoms with Crippen LogP contribution >= 0.6 is 0 Å². The number of aromatic nitrogens is 4. The number of pyridine rings is 1. The molecule has 2 N–H and O–H groups in total. The van der Waals surface area contributed by atoms with Crippen molar-refractivity contribution in [2.45, 2.75) is 13.8 Å². The highest BCUT2D eigenvalue weighted by atomic mass is 15.1. The van der Waals surface area contributed by atoms with Gasteiger partial charge in [0.1, 0.15) is 5.69 Å². The van der Waals surface area contributed by atoms with E-state index in [0.717, 1.165) is 44.0 Å². The first-order valence-corrected chi connectivity index (χ1v) is 8.48. The fourth-order valence-corrected chi connectivity index (χ4v) is 2.85. The molecule has 3 aromatic heterocycles. The number of hydrogen-bond donors (Lipinski definition) is 2. The molecule has 3 rings (SSSR count). The summed E-state index contributed by atoms with van der Waals surface area (Å²) in [6.07, 6.45) is 15.4. The summed E-state index contributed by atoms with van der Waals surface area (Å²) >= 11 is 0. The molecule has 0 aliphatic heterocycles. The van der Waals surface area contributed by atoms with Crippen molar-refractivity contribution in [3.8, 4) is 11.4 Å². The fraction of sp³-hybridized carbons (Fsp3) is 0.0909.